The number of piperidine rings is 1. The third-order valence-electron chi connectivity index (χ3n) is 4.10. The SMILES string of the molecule is CN1CCCC2(CCN(c3ccsc3)C2=O)C1. The minimum absolute atomic E-state index is 0.0884. The van der Waals surface area contributed by atoms with Gasteiger partial charge in [-0.1, -0.05) is 0 Å². The van der Waals surface area contributed by atoms with Crippen molar-refractivity contribution in [2.45, 2.75) is 19.3 Å². The van der Waals surface area contributed by atoms with Crippen molar-refractivity contribution in [2.24, 2.45) is 5.41 Å². The van der Waals surface area contributed by atoms with Gasteiger partial charge in [-0.2, -0.15) is 11.3 Å². The predicted octanol–water partition coefficient (Wildman–Crippen LogP) is 2.20. The summed E-state index contributed by atoms with van der Waals surface area (Å²) in [7, 11) is 2.13. The van der Waals surface area contributed by atoms with Crippen LogP contribution in [-0.2, 0) is 4.79 Å². The first kappa shape index (κ1) is 11.2. The Morgan fingerprint density at radius 3 is 2.94 bits per heavy atom. The third kappa shape index (κ3) is 1.79. The standard InChI is InChI=1S/C13H18N2OS/c1-14-6-2-4-13(10-14)5-7-15(12(13)16)11-3-8-17-9-11/h3,8-9H,2,4-7,10H2,1H3. The average molecular weight is 250 g/mol. The van der Waals surface area contributed by atoms with E-state index < -0.39 is 0 Å². The molecule has 17 heavy (non-hydrogen) atoms. The van der Waals surface area contributed by atoms with Gasteiger partial charge in [0.2, 0.25) is 5.91 Å². The Hall–Kier alpha value is -0.870. The van der Waals surface area contributed by atoms with Gasteiger partial charge in [-0.25, -0.2) is 0 Å². The fraction of sp³-hybridized carbons (Fsp3) is 0.615. The zero-order chi connectivity index (χ0) is 11.9. The van der Waals surface area contributed by atoms with Gasteiger partial charge in [-0.3, -0.25) is 4.79 Å². The first-order chi connectivity index (χ1) is 8.21. The Labute approximate surface area is 106 Å². The van der Waals surface area contributed by atoms with E-state index in [9.17, 15) is 4.79 Å². The van der Waals surface area contributed by atoms with Crippen molar-refractivity contribution in [1.82, 2.24) is 4.90 Å². The van der Waals surface area contributed by atoms with Gasteiger partial charge in [0.25, 0.3) is 0 Å². The minimum atomic E-state index is -0.0884. The minimum Gasteiger partial charge on any atom is -0.311 e. The summed E-state index contributed by atoms with van der Waals surface area (Å²) in [5.74, 6) is 0.349. The molecule has 3 nitrogen and oxygen atoms in total. The normalized spacial score (nSPS) is 30.4. The van der Waals surface area contributed by atoms with E-state index in [2.05, 4.69) is 17.3 Å². The number of rotatable bonds is 1. The molecule has 4 heteroatoms. The third-order valence-corrected chi connectivity index (χ3v) is 4.77. The van der Waals surface area contributed by atoms with E-state index in [0.717, 1.165) is 44.6 Å². The van der Waals surface area contributed by atoms with Crippen molar-refractivity contribution in [2.75, 3.05) is 31.6 Å². The first-order valence-electron chi connectivity index (χ1n) is 6.24. The quantitative estimate of drug-likeness (QED) is 0.763. The predicted molar refractivity (Wildman–Crippen MR) is 70.5 cm³/mol. The van der Waals surface area contributed by atoms with E-state index in [-0.39, 0.29) is 5.41 Å². The summed E-state index contributed by atoms with van der Waals surface area (Å²) in [4.78, 5) is 16.9. The van der Waals surface area contributed by atoms with Crippen molar-refractivity contribution in [3.63, 3.8) is 0 Å². The average Bonchev–Trinajstić information content (AvgIpc) is 2.90. The molecule has 0 radical (unpaired) electrons. The zero-order valence-electron chi connectivity index (χ0n) is 10.2. The molecule has 1 aromatic rings. The van der Waals surface area contributed by atoms with E-state index >= 15 is 0 Å². The summed E-state index contributed by atoms with van der Waals surface area (Å²) in [6.07, 6.45) is 3.24. The molecule has 2 fully saturated rings. The highest BCUT2D eigenvalue weighted by Crippen LogP contribution is 2.41. The van der Waals surface area contributed by atoms with Crippen LogP contribution in [0.15, 0.2) is 16.8 Å². The second kappa shape index (κ2) is 4.10. The number of carbonyl (C=O) groups excluding carboxylic acids is 1. The van der Waals surface area contributed by atoms with Gasteiger partial charge < -0.3 is 9.80 Å². The Balaban J connectivity index is 1.84. The molecule has 2 saturated heterocycles. The van der Waals surface area contributed by atoms with Gasteiger partial charge in [-0.15, -0.1) is 0 Å². The van der Waals surface area contributed by atoms with E-state index in [1.54, 1.807) is 11.3 Å². The van der Waals surface area contributed by atoms with Crippen LogP contribution in [0.4, 0.5) is 5.69 Å². The van der Waals surface area contributed by atoms with Crippen LogP contribution in [0.2, 0.25) is 0 Å². The lowest BCUT2D eigenvalue weighted by atomic mass is 9.78. The van der Waals surface area contributed by atoms with Crippen molar-refractivity contribution in [3.8, 4) is 0 Å². The summed E-state index contributed by atoms with van der Waals surface area (Å²) >= 11 is 1.66. The van der Waals surface area contributed by atoms with Gasteiger partial charge >= 0.3 is 0 Å². The largest absolute Gasteiger partial charge is 0.311 e. The highest BCUT2D eigenvalue weighted by molar-refractivity contribution is 7.08. The molecular weight excluding hydrogens is 232 g/mol. The van der Waals surface area contributed by atoms with E-state index in [1.165, 1.54) is 0 Å². The number of anilines is 1. The lowest BCUT2D eigenvalue weighted by Gasteiger charge is -2.37. The molecule has 2 aliphatic heterocycles. The maximum Gasteiger partial charge on any atom is 0.234 e. The molecule has 3 heterocycles. The van der Waals surface area contributed by atoms with Crippen molar-refractivity contribution >= 4 is 22.9 Å². The lowest BCUT2D eigenvalue weighted by Crippen LogP contribution is -2.46. The lowest BCUT2D eigenvalue weighted by molar-refractivity contribution is -0.128. The Morgan fingerprint density at radius 1 is 1.35 bits per heavy atom. The molecule has 3 rings (SSSR count). The van der Waals surface area contributed by atoms with Crippen LogP contribution in [0.1, 0.15) is 19.3 Å². The van der Waals surface area contributed by atoms with Gasteiger partial charge in [0.1, 0.15) is 0 Å². The van der Waals surface area contributed by atoms with Gasteiger partial charge in [0.15, 0.2) is 0 Å². The second-order valence-electron chi connectivity index (χ2n) is 5.31. The van der Waals surface area contributed by atoms with Gasteiger partial charge in [0.05, 0.1) is 11.1 Å². The highest BCUT2D eigenvalue weighted by atomic mass is 32.1. The first-order valence-corrected chi connectivity index (χ1v) is 7.18. The Morgan fingerprint density at radius 2 is 2.24 bits per heavy atom. The molecule has 1 atom stereocenters. The maximum atomic E-state index is 12.6. The molecule has 1 amide bonds. The molecular formula is C13H18N2OS. The number of hydrogen-bond acceptors (Lipinski definition) is 3. The number of carbonyl (C=O) groups is 1. The van der Waals surface area contributed by atoms with E-state index in [0.29, 0.717) is 5.91 Å². The molecule has 0 aliphatic carbocycles. The highest BCUT2D eigenvalue weighted by Gasteiger charge is 2.48. The number of thiophene rings is 1. The fourth-order valence-corrected chi connectivity index (χ4v) is 3.86. The maximum absolute atomic E-state index is 12.6. The van der Waals surface area contributed by atoms with Crippen molar-refractivity contribution in [3.05, 3.63) is 16.8 Å². The number of hydrogen-bond donors (Lipinski definition) is 0. The molecule has 1 spiro atoms. The number of nitrogens with zero attached hydrogens (tertiary/aromatic N) is 2. The summed E-state index contributed by atoms with van der Waals surface area (Å²) in [6.45, 7) is 2.96. The monoisotopic (exact) mass is 250 g/mol. The molecule has 0 N–H and O–H groups in total. The summed E-state index contributed by atoms with van der Waals surface area (Å²) in [5.41, 5.74) is 1.000. The summed E-state index contributed by atoms with van der Waals surface area (Å²) in [6, 6.07) is 2.05. The topological polar surface area (TPSA) is 23.6 Å². The van der Waals surface area contributed by atoms with Gasteiger partial charge in [0, 0.05) is 18.5 Å². The molecule has 1 unspecified atom stereocenters. The second-order valence-corrected chi connectivity index (χ2v) is 6.09. The van der Waals surface area contributed by atoms with Crippen LogP contribution in [0, 0.1) is 5.41 Å². The molecule has 0 saturated carbocycles. The van der Waals surface area contributed by atoms with E-state index in [1.807, 2.05) is 16.3 Å². The van der Waals surface area contributed by atoms with Crippen LogP contribution in [-0.4, -0.2) is 37.5 Å². The van der Waals surface area contributed by atoms with Crippen molar-refractivity contribution < 1.29 is 4.79 Å². The summed E-state index contributed by atoms with van der Waals surface area (Å²) < 4.78 is 0. The Bertz CT molecular complexity index is 417. The van der Waals surface area contributed by atoms with Crippen LogP contribution >= 0.6 is 11.3 Å². The molecule has 2 aliphatic rings. The van der Waals surface area contributed by atoms with Crippen LogP contribution in [0.25, 0.3) is 0 Å². The van der Waals surface area contributed by atoms with Crippen LogP contribution in [0.5, 0.6) is 0 Å². The summed E-state index contributed by atoms with van der Waals surface area (Å²) in [5, 5.41) is 4.12. The molecule has 0 bridgehead atoms. The van der Waals surface area contributed by atoms with E-state index in [4.69, 9.17) is 0 Å². The smallest absolute Gasteiger partial charge is 0.234 e. The van der Waals surface area contributed by atoms with Gasteiger partial charge in [-0.05, 0) is 44.3 Å². The van der Waals surface area contributed by atoms with Crippen molar-refractivity contribution in [1.29, 1.82) is 0 Å². The van der Waals surface area contributed by atoms with Crippen LogP contribution < -0.4 is 4.90 Å². The number of likely N-dealkylation sites (tertiary alicyclic amines) is 1. The Kier molecular flexibility index (Phi) is 2.71. The molecule has 1 aromatic heterocycles. The molecule has 92 valence electrons. The van der Waals surface area contributed by atoms with Crippen LogP contribution in [0.3, 0.4) is 0 Å². The number of amides is 1. The fourth-order valence-electron chi connectivity index (χ4n) is 3.22. The zero-order valence-corrected chi connectivity index (χ0v) is 11.0. The molecule has 0 aromatic carbocycles.